The lowest BCUT2D eigenvalue weighted by atomic mass is 10.0. The Hall–Kier alpha value is -4.49. The van der Waals surface area contributed by atoms with Crippen molar-refractivity contribution in [2.24, 2.45) is 0 Å². The van der Waals surface area contributed by atoms with Crippen LogP contribution in [-0.4, -0.2) is 20.3 Å². The molecule has 0 radical (unpaired) electrons. The number of nitrogen functional groups attached to an aromatic ring is 2. The number of aryl methyl sites for hydroxylation is 1. The fourth-order valence-corrected chi connectivity index (χ4v) is 4.29. The monoisotopic (exact) mass is 511 g/mol. The molecule has 0 fully saturated rings. The molecule has 8 heteroatoms. The number of benzene rings is 3. The first-order valence-corrected chi connectivity index (χ1v) is 12.1. The van der Waals surface area contributed by atoms with Gasteiger partial charge in [0, 0.05) is 28.7 Å². The number of fused-ring (bicyclic) bond motifs is 1. The van der Waals surface area contributed by atoms with Crippen LogP contribution < -0.4 is 17.0 Å². The highest BCUT2D eigenvalue weighted by Gasteiger charge is 2.12. The van der Waals surface area contributed by atoms with E-state index >= 15 is 0 Å². The molecule has 0 unspecified atom stereocenters. The minimum absolute atomic E-state index is 0.00165. The predicted octanol–water partition coefficient (Wildman–Crippen LogP) is 5.72. The van der Waals surface area contributed by atoms with Crippen LogP contribution in [0.3, 0.4) is 0 Å². The molecule has 7 nitrogen and oxygen atoms in total. The first-order chi connectivity index (χ1) is 17.8. The molecule has 186 valence electrons. The second-order valence-corrected chi connectivity index (χ2v) is 8.74. The van der Waals surface area contributed by atoms with E-state index in [1.54, 1.807) is 35.0 Å². The Bertz CT molecular complexity index is 1650. The van der Waals surface area contributed by atoms with Gasteiger partial charge in [-0.15, -0.1) is 0 Å². The number of Topliss-reactive ketones (excluding diaryl/α,β-unsaturated/α-hetero) is 1. The topological polar surface area (TPSA) is 117 Å². The van der Waals surface area contributed by atoms with Crippen molar-refractivity contribution >= 4 is 39.9 Å². The summed E-state index contributed by atoms with van der Waals surface area (Å²) in [6.07, 6.45) is 2.34. The van der Waals surface area contributed by atoms with Crippen LogP contribution in [0.2, 0.25) is 5.02 Å². The highest BCUT2D eigenvalue weighted by Crippen LogP contribution is 2.25. The largest absolute Gasteiger partial charge is 0.383 e. The number of aromatic nitrogens is 3. The van der Waals surface area contributed by atoms with E-state index in [0.29, 0.717) is 27.4 Å². The van der Waals surface area contributed by atoms with Gasteiger partial charge >= 0.3 is 0 Å². The maximum absolute atomic E-state index is 12.8. The van der Waals surface area contributed by atoms with Crippen LogP contribution in [0.5, 0.6) is 0 Å². The quantitative estimate of drug-likeness (QED) is 0.298. The Morgan fingerprint density at radius 2 is 1.70 bits per heavy atom. The molecule has 0 aliphatic carbocycles. The summed E-state index contributed by atoms with van der Waals surface area (Å²) in [5.41, 5.74) is 15.1. The molecular formula is C29H26ClN5O2. The third-order valence-electron chi connectivity index (χ3n) is 5.87. The van der Waals surface area contributed by atoms with E-state index in [9.17, 15) is 9.59 Å². The summed E-state index contributed by atoms with van der Waals surface area (Å²) in [7, 11) is 0. The molecule has 0 bridgehead atoms. The zero-order chi connectivity index (χ0) is 26.5. The van der Waals surface area contributed by atoms with Crippen LogP contribution in [0.4, 0.5) is 11.8 Å². The van der Waals surface area contributed by atoms with E-state index in [4.69, 9.17) is 23.1 Å². The molecule has 4 N–H and O–H groups in total. The average molecular weight is 512 g/mol. The minimum Gasteiger partial charge on any atom is -0.383 e. The number of carbonyl (C=O) groups is 1. The normalized spacial score (nSPS) is 10.6. The summed E-state index contributed by atoms with van der Waals surface area (Å²) in [5, 5.41) is 1.97. The van der Waals surface area contributed by atoms with Gasteiger partial charge in [0.1, 0.15) is 5.82 Å². The molecule has 37 heavy (non-hydrogen) atoms. The molecule has 5 aromatic rings. The Kier molecular flexibility index (Phi) is 7.65. The third kappa shape index (κ3) is 5.52. The Morgan fingerprint density at radius 1 is 0.973 bits per heavy atom. The summed E-state index contributed by atoms with van der Waals surface area (Å²) in [6.45, 7) is 3.56. The van der Waals surface area contributed by atoms with Gasteiger partial charge < -0.3 is 11.5 Å². The first kappa shape index (κ1) is 25.6. The number of rotatable bonds is 4. The van der Waals surface area contributed by atoms with E-state index in [1.807, 2.05) is 61.5 Å². The molecule has 0 aliphatic heterocycles. The smallest absolute Gasteiger partial charge is 0.264 e. The van der Waals surface area contributed by atoms with Gasteiger partial charge in [0.15, 0.2) is 5.78 Å². The minimum atomic E-state index is -0.0591. The number of nitrogens with zero attached hydrogens (tertiary/aromatic N) is 3. The lowest BCUT2D eigenvalue weighted by Gasteiger charge is -2.14. The molecule has 2 heterocycles. The van der Waals surface area contributed by atoms with Crippen molar-refractivity contribution in [1.29, 1.82) is 0 Å². The highest BCUT2D eigenvalue weighted by molar-refractivity contribution is 6.35. The molecule has 0 saturated carbocycles. The fourth-order valence-electron chi connectivity index (χ4n) is 4.03. The third-order valence-corrected chi connectivity index (χ3v) is 6.18. The lowest BCUT2D eigenvalue weighted by molar-refractivity contribution is 0.101. The number of nitrogens with two attached hydrogens (primary N) is 2. The summed E-state index contributed by atoms with van der Waals surface area (Å²) in [5.74, 6) is 0.439. The highest BCUT2D eigenvalue weighted by atomic mass is 35.5. The molecular weight excluding hydrogens is 486 g/mol. The van der Waals surface area contributed by atoms with Gasteiger partial charge in [-0.25, -0.2) is 4.98 Å². The van der Waals surface area contributed by atoms with E-state index in [2.05, 4.69) is 9.97 Å². The van der Waals surface area contributed by atoms with E-state index in [-0.39, 0.29) is 17.3 Å². The Balaban J connectivity index is 0.000000176. The van der Waals surface area contributed by atoms with Gasteiger partial charge in [0.25, 0.3) is 5.56 Å². The molecule has 0 spiro atoms. The average Bonchev–Trinajstić information content (AvgIpc) is 2.89. The summed E-state index contributed by atoms with van der Waals surface area (Å²) in [6, 6.07) is 24.4. The molecule has 3 aromatic carbocycles. The Morgan fingerprint density at radius 3 is 2.38 bits per heavy atom. The van der Waals surface area contributed by atoms with Crippen molar-refractivity contribution in [3.8, 4) is 16.8 Å². The van der Waals surface area contributed by atoms with Crippen LogP contribution in [0, 0.1) is 0 Å². The van der Waals surface area contributed by atoms with E-state index < -0.39 is 0 Å². The van der Waals surface area contributed by atoms with Crippen LogP contribution in [0.1, 0.15) is 29.9 Å². The van der Waals surface area contributed by atoms with Gasteiger partial charge in [-0.1, -0.05) is 67.1 Å². The zero-order valence-corrected chi connectivity index (χ0v) is 21.2. The van der Waals surface area contributed by atoms with E-state index in [0.717, 1.165) is 28.8 Å². The van der Waals surface area contributed by atoms with Crippen LogP contribution in [0.15, 0.2) is 89.9 Å². The van der Waals surface area contributed by atoms with Crippen molar-refractivity contribution in [2.75, 3.05) is 11.5 Å². The number of hydrogen-bond acceptors (Lipinski definition) is 6. The van der Waals surface area contributed by atoms with Crippen LogP contribution in [0.25, 0.3) is 27.6 Å². The van der Waals surface area contributed by atoms with Crippen molar-refractivity contribution < 1.29 is 4.79 Å². The SMILES string of the molecule is CC(=O)c1cccc(-c2cnc(N)nc2N)c1.CCc1cc2cccc(Cl)c2c(=O)n1-c1ccccc1. The molecule has 0 saturated heterocycles. The van der Waals surface area contributed by atoms with E-state index in [1.165, 1.54) is 6.92 Å². The number of para-hydroxylation sites is 1. The maximum atomic E-state index is 12.8. The maximum Gasteiger partial charge on any atom is 0.264 e. The zero-order valence-electron chi connectivity index (χ0n) is 20.5. The predicted molar refractivity (Wildman–Crippen MR) is 150 cm³/mol. The van der Waals surface area contributed by atoms with Gasteiger partial charge in [0.2, 0.25) is 5.95 Å². The Labute approximate surface area is 219 Å². The molecule has 0 amide bonds. The molecule has 2 aromatic heterocycles. The number of ketones is 1. The summed E-state index contributed by atoms with van der Waals surface area (Å²) in [4.78, 5) is 31.9. The number of carbonyl (C=O) groups excluding carboxylic acids is 1. The van der Waals surface area contributed by atoms with Crippen molar-refractivity contribution in [3.63, 3.8) is 0 Å². The summed E-state index contributed by atoms with van der Waals surface area (Å²) >= 11 is 6.20. The van der Waals surface area contributed by atoms with Gasteiger partial charge in [-0.2, -0.15) is 4.98 Å². The standard InChI is InChI=1S/C17H14ClNO.C12H12N4O/c1-2-13-11-12-7-6-10-15(18)16(12)17(20)19(13)14-8-4-3-5-9-14;1-7(17)8-3-2-4-9(5-8)10-6-15-12(14)16-11(10)13/h3-11H,2H2,1H3;2-6H,1H3,(H4,13,14,15,16). The second kappa shape index (κ2) is 11.1. The van der Waals surface area contributed by atoms with Gasteiger partial charge in [0.05, 0.1) is 10.4 Å². The second-order valence-electron chi connectivity index (χ2n) is 8.33. The van der Waals surface area contributed by atoms with Crippen LogP contribution in [-0.2, 0) is 6.42 Å². The van der Waals surface area contributed by atoms with Crippen molar-refractivity contribution in [3.05, 3.63) is 112 Å². The van der Waals surface area contributed by atoms with Crippen LogP contribution >= 0.6 is 11.6 Å². The number of halogens is 1. The number of pyridine rings is 1. The number of anilines is 2. The molecule has 0 aliphatic rings. The van der Waals surface area contributed by atoms with Gasteiger partial charge in [-0.3, -0.25) is 14.2 Å². The lowest BCUT2D eigenvalue weighted by Crippen LogP contribution is -2.22. The van der Waals surface area contributed by atoms with Crippen molar-refractivity contribution in [1.82, 2.24) is 14.5 Å². The molecule has 0 atom stereocenters. The summed E-state index contributed by atoms with van der Waals surface area (Å²) < 4.78 is 1.74. The van der Waals surface area contributed by atoms with Gasteiger partial charge in [-0.05, 0) is 54.6 Å². The fraction of sp³-hybridized carbons (Fsp3) is 0.103. The number of hydrogen-bond donors (Lipinski definition) is 2. The van der Waals surface area contributed by atoms with Crippen molar-refractivity contribution in [2.45, 2.75) is 20.3 Å². The first-order valence-electron chi connectivity index (χ1n) is 11.7. The molecule has 5 rings (SSSR count).